The van der Waals surface area contributed by atoms with Crippen molar-refractivity contribution in [1.29, 1.82) is 0 Å². The maximum atomic E-state index is 11.1. The van der Waals surface area contributed by atoms with Gasteiger partial charge >= 0.3 is 0 Å². The minimum atomic E-state index is -0.322. The number of imidazole rings is 1. The first-order valence-corrected chi connectivity index (χ1v) is 19.0. The largest absolute Gasteiger partial charge is 0.507 e. The first-order chi connectivity index (χ1) is 27.5. The standard InChI is InChI=1S/C51H38N4O/c1-51(2,36-17-6-3-7-18-36)37-30-34(40-25-16-27-46-49(40)53-50(42-24-13-15-28-48(42)56)55(46)39-21-10-5-11-22-39)29-35(31-37)44-32-43-41-23-12-14-26-45(41)54(47(43)33-52-44)38-19-8-4-9-20-38/h3-33,56H,1-2H3. The molecule has 0 saturated carbocycles. The van der Waals surface area contributed by atoms with Crippen LogP contribution in [-0.2, 0) is 5.41 Å². The molecule has 0 saturated heterocycles. The number of phenolic OH excluding ortho intramolecular Hbond substituents is 1. The Hall–Kier alpha value is -7.24. The summed E-state index contributed by atoms with van der Waals surface area (Å²) in [5.41, 5.74) is 12.8. The number of para-hydroxylation sites is 5. The van der Waals surface area contributed by atoms with Gasteiger partial charge in [-0.05, 0) is 83.4 Å². The molecule has 0 aliphatic rings. The molecular formula is C51H38N4O. The molecule has 0 aliphatic carbocycles. The van der Waals surface area contributed by atoms with Gasteiger partial charge in [0.15, 0.2) is 0 Å². The molecule has 5 nitrogen and oxygen atoms in total. The lowest BCUT2D eigenvalue weighted by molar-refractivity contribution is 0.477. The zero-order valence-electron chi connectivity index (χ0n) is 31.1. The topological polar surface area (TPSA) is 55.9 Å². The van der Waals surface area contributed by atoms with Crippen molar-refractivity contribution in [2.24, 2.45) is 0 Å². The van der Waals surface area contributed by atoms with E-state index in [0.29, 0.717) is 11.4 Å². The van der Waals surface area contributed by atoms with E-state index in [9.17, 15) is 5.11 Å². The first-order valence-electron chi connectivity index (χ1n) is 19.0. The maximum Gasteiger partial charge on any atom is 0.149 e. The molecule has 10 rings (SSSR count). The molecule has 0 bridgehead atoms. The van der Waals surface area contributed by atoms with Crippen LogP contribution in [0.2, 0.25) is 0 Å². The molecule has 3 aromatic heterocycles. The fourth-order valence-electron chi connectivity index (χ4n) is 8.21. The third-order valence-corrected chi connectivity index (χ3v) is 11.2. The molecule has 3 heterocycles. The molecule has 0 unspecified atom stereocenters. The van der Waals surface area contributed by atoms with E-state index in [-0.39, 0.29) is 11.2 Å². The van der Waals surface area contributed by atoms with E-state index in [1.807, 2.05) is 48.7 Å². The van der Waals surface area contributed by atoms with E-state index in [1.165, 1.54) is 16.5 Å². The summed E-state index contributed by atoms with van der Waals surface area (Å²) in [6.07, 6.45) is 2.02. The molecule has 268 valence electrons. The summed E-state index contributed by atoms with van der Waals surface area (Å²) in [7, 11) is 0. The first kappa shape index (κ1) is 33.3. The van der Waals surface area contributed by atoms with Crippen molar-refractivity contribution in [1.82, 2.24) is 19.1 Å². The molecule has 0 atom stereocenters. The normalized spacial score (nSPS) is 11.8. The number of phenols is 1. The minimum Gasteiger partial charge on any atom is -0.507 e. The molecule has 0 fully saturated rings. The van der Waals surface area contributed by atoms with Crippen molar-refractivity contribution in [3.05, 3.63) is 199 Å². The second-order valence-corrected chi connectivity index (χ2v) is 14.9. The van der Waals surface area contributed by atoms with Crippen LogP contribution in [0, 0.1) is 0 Å². The fourth-order valence-corrected chi connectivity index (χ4v) is 8.21. The Balaban J connectivity index is 1.23. The van der Waals surface area contributed by atoms with Gasteiger partial charge in [-0.3, -0.25) is 9.55 Å². The van der Waals surface area contributed by atoms with Crippen molar-refractivity contribution in [3.8, 4) is 50.9 Å². The third kappa shape index (κ3) is 5.47. The Bertz CT molecular complexity index is 3050. The molecule has 0 amide bonds. The van der Waals surface area contributed by atoms with Crippen LogP contribution in [0.15, 0.2) is 188 Å². The summed E-state index contributed by atoms with van der Waals surface area (Å²) in [6.45, 7) is 4.58. The molecule has 5 heteroatoms. The molecular weight excluding hydrogens is 685 g/mol. The van der Waals surface area contributed by atoms with Crippen molar-refractivity contribution in [2.75, 3.05) is 0 Å². The van der Waals surface area contributed by atoms with E-state index >= 15 is 0 Å². The lowest BCUT2D eigenvalue weighted by atomic mass is 9.76. The fraction of sp³-hybridized carbons (Fsp3) is 0.0588. The van der Waals surface area contributed by atoms with Crippen molar-refractivity contribution in [3.63, 3.8) is 0 Å². The Morgan fingerprint density at radius 3 is 1.84 bits per heavy atom. The second-order valence-electron chi connectivity index (χ2n) is 14.9. The zero-order valence-corrected chi connectivity index (χ0v) is 31.1. The molecule has 10 aromatic rings. The highest BCUT2D eigenvalue weighted by Gasteiger charge is 2.26. The van der Waals surface area contributed by atoms with Crippen LogP contribution in [0.1, 0.15) is 25.0 Å². The number of benzene rings is 7. The predicted molar refractivity (Wildman–Crippen MR) is 230 cm³/mol. The summed E-state index contributed by atoms with van der Waals surface area (Å²) in [6, 6.07) is 62.9. The van der Waals surface area contributed by atoms with Crippen LogP contribution in [0.25, 0.3) is 78.0 Å². The third-order valence-electron chi connectivity index (χ3n) is 11.2. The summed E-state index contributed by atoms with van der Waals surface area (Å²) >= 11 is 0. The van der Waals surface area contributed by atoms with Crippen molar-refractivity contribution in [2.45, 2.75) is 19.3 Å². The van der Waals surface area contributed by atoms with Gasteiger partial charge in [0.05, 0.1) is 39.5 Å². The monoisotopic (exact) mass is 722 g/mol. The van der Waals surface area contributed by atoms with Gasteiger partial charge in [0, 0.05) is 38.7 Å². The highest BCUT2D eigenvalue weighted by Crippen LogP contribution is 2.42. The van der Waals surface area contributed by atoms with Crippen LogP contribution in [-0.4, -0.2) is 24.2 Å². The summed E-state index contributed by atoms with van der Waals surface area (Å²) in [5.74, 6) is 0.866. The molecule has 0 radical (unpaired) electrons. The van der Waals surface area contributed by atoms with Crippen molar-refractivity contribution >= 4 is 32.8 Å². The van der Waals surface area contributed by atoms with Crippen molar-refractivity contribution < 1.29 is 5.11 Å². The Morgan fingerprint density at radius 1 is 0.482 bits per heavy atom. The summed E-state index contributed by atoms with van der Waals surface area (Å²) in [4.78, 5) is 10.5. The maximum absolute atomic E-state index is 11.1. The quantitative estimate of drug-likeness (QED) is 0.178. The van der Waals surface area contributed by atoms with Crippen LogP contribution in [0.3, 0.4) is 0 Å². The molecule has 56 heavy (non-hydrogen) atoms. The van der Waals surface area contributed by atoms with Gasteiger partial charge in [-0.1, -0.05) is 129 Å². The number of hydrogen-bond donors (Lipinski definition) is 1. The van der Waals surface area contributed by atoms with E-state index < -0.39 is 0 Å². The zero-order chi connectivity index (χ0) is 37.8. The number of pyridine rings is 1. The van der Waals surface area contributed by atoms with E-state index in [2.05, 4.69) is 156 Å². The molecule has 0 spiro atoms. The Morgan fingerprint density at radius 2 is 1.09 bits per heavy atom. The number of hydrogen-bond acceptors (Lipinski definition) is 3. The van der Waals surface area contributed by atoms with Gasteiger partial charge in [-0.15, -0.1) is 0 Å². The SMILES string of the molecule is CC(C)(c1ccccc1)c1cc(-c2cc3c4ccccc4n(-c4ccccc4)c3cn2)cc(-c2cccc3c2nc(-c2ccccc2O)n3-c2ccccc2)c1. The summed E-state index contributed by atoms with van der Waals surface area (Å²) in [5, 5.41) is 13.4. The van der Waals surface area contributed by atoms with Gasteiger partial charge in [0.1, 0.15) is 11.6 Å². The number of aromatic hydroxyl groups is 1. The van der Waals surface area contributed by atoms with Crippen LogP contribution >= 0.6 is 0 Å². The number of rotatable bonds is 7. The lowest BCUT2D eigenvalue weighted by Gasteiger charge is -2.27. The molecule has 7 aromatic carbocycles. The Labute approximate surface area is 325 Å². The Kier molecular flexibility index (Phi) is 7.89. The van der Waals surface area contributed by atoms with Crippen LogP contribution < -0.4 is 0 Å². The highest BCUT2D eigenvalue weighted by molar-refractivity contribution is 6.10. The molecule has 1 N–H and O–H groups in total. The summed E-state index contributed by atoms with van der Waals surface area (Å²) < 4.78 is 4.44. The van der Waals surface area contributed by atoms with Gasteiger partial charge in [0.2, 0.25) is 0 Å². The van der Waals surface area contributed by atoms with E-state index in [1.54, 1.807) is 6.07 Å². The minimum absolute atomic E-state index is 0.186. The number of nitrogens with zero attached hydrogens (tertiary/aromatic N) is 4. The number of aromatic nitrogens is 4. The van der Waals surface area contributed by atoms with Gasteiger partial charge in [-0.2, -0.15) is 0 Å². The lowest BCUT2D eigenvalue weighted by Crippen LogP contribution is -2.19. The second kappa shape index (κ2) is 13.3. The van der Waals surface area contributed by atoms with Gasteiger partial charge < -0.3 is 9.67 Å². The van der Waals surface area contributed by atoms with Gasteiger partial charge in [-0.25, -0.2) is 4.98 Å². The smallest absolute Gasteiger partial charge is 0.149 e. The number of fused-ring (bicyclic) bond motifs is 4. The van der Waals surface area contributed by atoms with Crippen LogP contribution in [0.5, 0.6) is 5.75 Å². The molecule has 0 aliphatic heterocycles. The highest BCUT2D eigenvalue weighted by atomic mass is 16.3. The van der Waals surface area contributed by atoms with E-state index in [4.69, 9.17) is 9.97 Å². The van der Waals surface area contributed by atoms with E-state index in [0.717, 1.165) is 61.2 Å². The average molecular weight is 723 g/mol. The average Bonchev–Trinajstić information content (AvgIpc) is 3.81. The predicted octanol–water partition coefficient (Wildman–Crippen LogP) is 12.6. The van der Waals surface area contributed by atoms with Crippen LogP contribution in [0.4, 0.5) is 0 Å². The van der Waals surface area contributed by atoms with Gasteiger partial charge in [0.25, 0.3) is 0 Å².